The Hall–Kier alpha value is -1.63. The normalized spacial score (nSPS) is 11.1. The van der Waals surface area contributed by atoms with Gasteiger partial charge in [-0.1, -0.05) is 0 Å². The van der Waals surface area contributed by atoms with Gasteiger partial charge in [0.15, 0.2) is 21.3 Å². The van der Waals surface area contributed by atoms with Crippen LogP contribution in [0.15, 0.2) is 12.1 Å². The second-order valence-corrected chi connectivity index (χ2v) is 5.99. The highest BCUT2D eigenvalue weighted by atomic mass is 32.2. The maximum Gasteiger partial charge on any atom is 0.184 e. The average molecular weight is 275 g/mol. The summed E-state index contributed by atoms with van der Waals surface area (Å²) in [7, 11) is -0.0887. The molecule has 7 heteroatoms. The molecular formula is C11H17NO5S. The second kappa shape index (κ2) is 5.81. The van der Waals surface area contributed by atoms with Crippen molar-refractivity contribution in [1.29, 1.82) is 0 Å². The summed E-state index contributed by atoms with van der Waals surface area (Å²) in [5, 5.41) is 0. The van der Waals surface area contributed by atoms with Gasteiger partial charge < -0.3 is 19.9 Å². The Morgan fingerprint density at radius 1 is 1.22 bits per heavy atom. The molecule has 6 nitrogen and oxygen atoms in total. The van der Waals surface area contributed by atoms with E-state index >= 15 is 0 Å². The summed E-state index contributed by atoms with van der Waals surface area (Å²) in [6, 6.07) is 3.20. The largest absolute Gasteiger partial charge is 0.497 e. The predicted octanol–water partition coefficient (Wildman–Crippen LogP) is 0.709. The molecule has 0 saturated heterocycles. The molecule has 0 heterocycles. The Morgan fingerprint density at radius 3 is 2.39 bits per heavy atom. The van der Waals surface area contributed by atoms with Crippen LogP contribution in [0.2, 0.25) is 0 Å². The molecule has 0 aliphatic carbocycles. The second-order valence-electron chi connectivity index (χ2n) is 3.73. The molecule has 0 aliphatic rings. The standard InChI is InChI=1S/C11H17NO5S/c1-15-8-6-9(12)11(10(7-8)16-2)17-4-5-18(3,13)14/h6-7H,4-5,12H2,1-3H3. The molecule has 1 aromatic carbocycles. The van der Waals surface area contributed by atoms with Crippen LogP contribution < -0.4 is 19.9 Å². The van der Waals surface area contributed by atoms with E-state index in [9.17, 15) is 8.42 Å². The van der Waals surface area contributed by atoms with Crippen molar-refractivity contribution < 1.29 is 22.6 Å². The van der Waals surface area contributed by atoms with Crippen molar-refractivity contribution in [2.24, 2.45) is 0 Å². The molecule has 0 aliphatic heterocycles. The lowest BCUT2D eigenvalue weighted by Gasteiger charge is -2.14. The molecular weight excluding hydrogens is 258 g/mol. The predicted molar refractivity (Wildman–Crippen MR) is 69.2 cm³/mol. The molecule has 0 aromatic heterocycles. The van der Waals surface area contributed by atoms with E-state index in [0.717, 1.165) is 6.26 Å². The van der Waals surface area contributed by atoms with E-state index in [1.165, 1.54) is 14.2 Å². The van der Waals surface area contributed by atoms with E-state index in [-0.39, 0.29) is 12.4 Å². The Kier molecular flexibility index (Phi) is 4.66. The van der Waals surface area contributed by atoms with E-state index in [1.807, 2.05) is 0 Å². The summed E-state index contributed by atoms with van der Waals surface area (Å²) in [5.41, 5.74) is 6.12. The van der Waals surface area contributed by atoms with Gasteiger partial charge in [0.25, 0.3) is 0 Å². The lowest BCUT2D eigenvalue weighted by molar-refractivity contribution is 0.311. The van der Waals surface area contributed by atoms with Crippen LogP contribution in [-0.2, 0) is 9.84 Å². The van der Waals surface area contributed by atoms with Gasteiger partial charge in [0.05, 0.1) is 25.7 Å². The van der Waals surface area contributed by atoms with E-state index in [2.05, 4.69) is 0 Å². The molecule has 18 heavy (non-hydrogen) atoms. The van der Waals surface area contributed by atoms with Crippen molar-refractivity contribution in [2.45, 2.75) is 0 Å². The summed E-state index contributed by atoms with van der Waals surface area (Å²) in [6.07, 6.45) is 1.14. The van der Waals surface area contributed by atoms with Crippen LogP contribution in [0.3, 0.4) is 0 Å². The molecule has 0 fully saturated rings. The third-order valence-corrected chi connectivity index (χ3v) is 3.12. The number of sulfone groups is 1. The van der Waals surface area contributed by atoms with Crippen LogP contribution in [0.1, 0.15) is 0 Å². The van der Waals surface area contributed by atoms with Crippen LogP contribution in [0.5, 0.6) is 17.2 Å². The number of methoxy groups -OCH3 is 2. The van der Waals surface area contributed by atoms with Gasteiger partial charge in [-0.2, -0.15) is 0 Å². The molecule has 2 N–H and O–H groups in total. The highest BCUT2D eigenvalue weighted by Gasteiger charge is 2.12. The Labute approximate surface area is 107 Å². The van der Waals surface area contributed by atoms with Gasteiger partial charge in [0.1, 0.15) is 12.4 Å². The molecule has 0 saturated carbocycles. The first-order chi connectivity index (χ1) is 8.37. The fourth-order valence-corrected chi connectivity index (χ4v) is 1.70. The van der Waals surface area contributed by atoms with Crippen molar-refractivity contribution in [3.05, 3.63) is 12.1 Å². The van der Waals surface area contributed by atoms with Gasteiger partial charge in [-0.15, -0.1) is 0 Å². The van der Waals surface area contributed by atoms with E-state index in [4.69, 9.17) is 19.9 Å². The quantitative estimate of drug-likeness (QED) is 0.769. The van der Waals surface area contributed by atoms with Gasteiger partial charge in [0, 0.05) is 18.4 Å². The van der Waals surface area contributed by atoms with Gasteiger partial charge >= 0.3 is 0 Å². The Morgan fingerprint density at radius 2 is 1.89 bits per heavy atom. The third kappa shape index (κ3) is 3.99. The minimum atomic E-state index is -3.07. The van der Waals surface area contributed by atoms with Gasteiger partial charge in [-0.3, -0.25) is 0 Å². The Bertz CT molecular complexity index is 512. The molecule has 0 unspecified atom stereocenters. The topological polar surface area (TPSA) is 87.9 Å². The SMILES string of the molecule is COc1cc(N)c(OCCS(C)(=O)=O)c(OC)c1. The highest BCUT2D eigenvalue weighted by molar-refractivity contribution is 7.90. The number of nitrogen functional groups attached to an aromatic ring is 1. The number of rotatable bonds is 6. The van der Waals surface area contributed by atoms with Crippen LogP contribution in [0, 0.1) is 0 Å². The minimum absolute atomic E-state index is 0.0196. The summed E-state index contributed by atoms with van der Waals surface area (Å²) in [5.74, 6) is 1.18. The zero-order valence-corrected chi connectivity index (χ0v) is 11.4. The zero-order valence-electron chi connectivity index (χ0n) is 10.6. The monoisotopic (exact) mass is 275 g/mol. The average Bonchev–Trinajstić information content (AvgIpc) is 2.29. The van der Waals surface area contributed by atoms with Crippen molar-refractivity contribution in [1.82, 2.24) is 0 Å². The number of hydrogen-bond acceptors (Lipinski definition) is 6. The van der Waals surface area contributed by atoms with Crippen LogP contribution in [0.4, 0.5) is 5.69 Å². The molecule has 0 radical (unpaired) electrons. The summed E-state index contributed by atoms with van der Waals surface area (Å²) < 4.78 is 37.5. The van der Waals surface area contributed by atoms with Crippen LogP contribution in [-0.4, -0.2) is 41.3 Å². The maximum atomic E-state index is 11.0. The van der Waals surface area contributed by atoms with Gasteiger partial charge in [-0.25, -0.2) is 8.42 Å². The number of nitrogens with two attached hydrogens (primary N) is 1. The van der Waals surface area contributed by atoms with E-state index in [1.54, 1.807) is 12.1 Å². The van der Waals surface area contributed by atoms with E-state index in [0.29, 0.717) is 22.9 Å². The minimum Gasteiger partial charge on any atom is -0.497 e. The first kappa shape index (κ1) is 14.4. The van der Waals surface area contributed by atoms with Crippen molar-refractivity contribution in [2.75, 3.05) is 38.6 Å². The molecule has 0 bridgehead atoms. The lowest BCUT2D eigenvalue weighted by Crippen LogP contribution is -2.13. The number of ether oxygens (including phenoxy) is 3. The van der Waals surface area contributed by atoms with Crippen molar-refractivity contribution in [3.63, 3.8) is 0 Å². The van der Waals surface area contributed by atoms with Crippen LogP contribution >= 0.6 is 0 Å². The number of anilines is 1. The summed E-state index contributed by atoms with van der Waals surface area (Å²) in [6.45, 7) is 0.0196. The molecule has 0 atom stereocenters. The molecule has 0 spiro atoms. The van der Waals surface area contributed by atoms with Gasteiger partial charge in [-0.05, 0) is 0 Å². The number of benzene rings is 1. The fourth-order valence-electron chi connectivity index (χ4n) is 1.32. The van der Waals surface area contributed by atoms with Crippen LogP contribution in [0.25, 0.3) is 0 Å². The maximum absolute atomic E-state index is 11.0. The van der Waals surface area contributed by atoms with E-state index < -0.39 is 9.84 Å². The molecule has 1 aromatic rings. The fraction of sp³-hybridized carbons (Fsp3) is 0.455. The smallest absolute Gasteiger partial charge is 0.184 e. The number of hydrogen-bond donors (Lipinski definition) is 1. The molecule has 0 amide bonds. The van der Waals surface area contributed by atoms with Crippen molar-refractivity contribution in [3.8, 4) is 17.2 Å². The zero-order chi connectivity index (χ0) is 13.8. The lowest BCUT2D eigenvalue weighted by atomic mass is 10.2. The summed E-state index contributed by atoms with van der Waals surface area (Å²) in [4.78, 5) is 0. The highest BCUT2D eigenvalue weighted by Crippen LogP contribution is 2.37. The Balaban J connectivity index is 2.87. The van der Waals surface area contributed by atoms with Gasteiger partial charge in [0.2, 0.25) is 0 Å². The summed E-state index contributed by atoms with van der Waals surface area (Å²) >= 11 is 0. The third-order valence-electron chi connectivity index (χ3n) is 2.21. The first-order valence-electron chi connectivity index (χ1n) is 5.19. The first-order valence-corrected chi connectivity index (χ1v) is 7.25. The molecule has 102 valence electrons. The molecule has 1 rings (SSSR count). The van der Waals surface area contributed by atoms with Crippen molar-refractivity contribution >= 4 is 15.5 Å².